The van der Waals surface area contributed by atoms with Gasteiger partial charge in [0.25, 0.3) is 0 Å². The molecule has 2 rings (SSSR count). The Morgan fingerprint density at radius 2 is 0.548 bits per heavy atom. The predicted molar refractivity (Wildman–Crippen MR) is 153 cm³/mol. The molecule has 0 aromatic heterocycles. The topological polar surface area (TPSA) is 0 Å². The van der Waals surface area contributed by atoms with Gasteiger partial charge in [0.05, 0.1) is 0 Å². The fourth-order valence-corrected chi connectivity index (χ4v) is 2.54. The third-order valence-corrected chi connectivity index (χ3v) is 4.51. The molecule has 2 aromatic carbocycles. The second-order valence-corrected chi connectivity index (χ2v) is 9.11. The standard InChI is InChI=1S/2C12H18.2C3H7.2CH3.10Y/c1-9(2)11-5-7-12(8-6-11)10(3)4;1-9(2)11-6-5-7-12(8-11)10(3)4;2*1-3-2;;;;;;;;;;;;/h2*5-10H,1-4H3;2*3H,1-2H3;2*1H3;;;;;;;;;;/q;;4*-1;;;;;;;;;;+3. The Hall–Kier alpha value is 9.48. The molecule has 0 atom stereocenters. The van der Waals surface area contributed by atoms with Crippen LogP contribution >= 0.6 is 0 Å². The van der Waals surface area contributed by atoms with Crippen molar-refractivity contribution in [3.63, 3.8) is 0 Å². The fourth-order valence-electron chi connectivity index (χ4n) is 2.54. The normalized spacial score (nSPS) is 7.24. The van der Waals surface area contributed by atoms with Gasteiger partial charge in [-0.2, -0.15) is 27.7 Å². The van der Waals surface area contributed by atoms with Crippen LogP contribution in [0.2, 0.25) is 0 Å². The average Bonchev–Trinajstić information content (AvgIpc) is 2.69. The molecule has 0 heterocycles. The van der Waals surface area contributed by atoms with Crippen molar-refractivity contribution < 1.29 is 327 Å². The van der Waals surface area contributed by atoms with E-state index in [1.165, 1.54) is 22.3 Å². The monoisotopic (exact) mass is 1330 g/mol. The van der Waals surface area contributed by atoms with Gasteiger partial charge in [0.15, 0.2) is 0 Å². The summed E-state index contributed by atoms with van der Waals surface area (Å²) in [5.41, 5.74) is 5.75. The van der Waals surface area contributed by atoms with E-state index in [9.17, 15) is 0 Å². The molecule has 0 fully saturated rings. The van der Waals surface area contributed by atoms with Gasteiger partial charge in [-0.05, 0) is 45.9 Å². The SMILES string of the molecule is CC(C)c1ccc(C(C)C)cc1.CC(C)c1cccc(C(C)C)c1.C[CH-]C.C[CH-]C.[CH3-].[CH3-].[Y+3].[Y].[Y].[Y].[Y].[Y].[Y].[Y].[Y].[Y]. The molecule has 0 bridgehead atoms. The van der Waals surface area contributed by atoms with Crippen molar-refractivity contribution in [2.45, 2.75) is 107 Å². The smallest absolute Gasteiger partial charge is 0.358 e. The van der Waals surface area contributed by atoms with Crippen LogP contribution in [0.3, 0.4) is 0 Å². The van der Waals surface area contributed by atoms with Gasteiger partial charge in [0.1, 0.15) is 0 Å². The van der Waals surface area contributed by atoms with Crippen LogP contribution in [0.5, 0.6) is 0 Å². The zero-order chi connectivity index (χ0) is 23.7. The number of hydrogen-bond acceptors (Lipinski definition) is 0. The zero-order valence-corrected chi connectivity index (χ0v) is 58.2. The van der Waals surface area contributed by atoms with Crippen LogP contribution in [0.4, 0.5) is 0 Å². The minimum atomic E-state index is 0. The summed E-state index contributed by atoms with van der Waals surface area (Å²) in [4.78, 5) is 0. The van der Waals surface area contributed by atoms with Gasteiger partial charge in [-0.25, -0.2) is 0 Å². The van der Waals surface area contributed by atoms with Gasteiger partial charge in [0.2, 0.25) is 0 Å². The van der Waals surface area contributed by atoms with Crippen LogP contribution < -0.4 is 0 Å². The third kappa shape index (κ3) is 56.2. The molecule has 2 aromatic rings. The molecule has 0 aliphatic rings. The Morgan fingerprint density at radius 3 is 0.690 bits per heavy atom. The van der Waals surface area contributed by atoms with Gasteiger partial charge >= 0.3 is 32.7 Å². The van der Waals surface area contributed by atoms with Crippen LogP contribution in [-0.2, 0) is 327 Å². The molecular formula is C32H56Y10-. The van der Waals surface area contributed by atoms with Crippen LogP contribution in [-0.4, -0.2) is 0 Å². The summed E-state index contributed by atoms with van der Waals surface area (Å²) in [5, 5.41) is 0. The van der Waals surface area contributed by atoms with Gasteiger partial charge in [0, 0.05) is 294 Å². The second-order valence-electron chi connectivity index (χ2n) is 9.11. The van der Waals surface area contributed by atoms with Gasteiger partial charge in [-0.1, -0.05) is 104 Å². The van der Waals surface area contributed by atoms with Crippen LogP contribution in [0.25, 0.3) is 0 Å². The molecular weight excluding hydrogens is 1270 g/mol. The Balaban J connectivity index is -0.0000000211. The quantitative estimate of drug-likeness (QED) is 0.268. The first kappa shape index (κ1) is 93.4. The Labute approximate surface area is 519 Å². The van der Waals surface area contributed by atoms with Crippen molar-refractivity contribution in [2.75, 3.05) is 0 Å². The van der Waals surface area contributed by atoms with E-state index in [2.05, 4.69) is 104 Å². The van der Waals surface area contributed by atoms with Crippen molar-refractivity contribution >= 4 is 0 Å². The van der Waals surface area contributed by atoms with Crippen LogP contribution in [0, 0.1) is 27.7 Å². The van der Waals surface area contributed by atoms with Gasteiger partial charge in [-0.15, -0.1) is 0 Å². The Bertz CT molecular complexity index is 596. The fraction of sp³-hybridized carbons (Fsp3) is 0.500. The molecule has 0 saturated carbocycles. The molecule has 0 unspecified atom stereocenters. The Kier molecular flexibility index (Phi) is 145. The summed E-state index contributed by atoms with van der Waals surface area (Å²) in [6.45, 7) is 25.8. The second kappa shape index (κ2) is 65.4. The number of hydrogen-bond donors (Lipinski definition) is 0. The van der Waals surface area contributed by atoms with Crippen molar-refractivity contribution in [3.05, 3.63) is 98.5 Å². The van der Waals surface area contributed by atoms with Gasteiger partial charge in [-0.3, -0.25) is 0 Å². The first-order valence-corrected chi connectivity index (χ1v) is 11.7. The minimum absolute atomic E-state index is 0. The minimum Gasteiger partial charge on any atom is -0.358 e. The van der Waals surface area contributed by atoms with E-state index in [1.54, 1.807) is 0 Å². The largest absolute Gasteiger partial charge is 3.00 e. The molecule has 42 heavy (non-hydrogen) atoms. The first-order valence-electron chi connectivity index (χ1n) is 11.7. The van der Waals surface area contributed by atoms with Crippen LogP contribution in [0.15, 0.2) is 48.5 Å². The Morgan fingerprint density at radius 1 is 0.381 bits per heavy atom. The molecule has 10 heteroatoms. The number of rotatable bonds is 4. The van der Waals surface area contributed by atoms with E-state index in [-0.39, 0.29) is 342 Å². The summed E-state index contributed by atoms with van der Waals surface area (Å²) in [7, 11) is 0. The van der Waals surface area contributed by atoms with E-state index in [0.717, 1.165) is 0 Å². The molecule has 0 aliphatic heterocycles. The van der Waals surface area contributed by atoms with E-state index in [1.807, 2.05) is 40.5 Å². The van der Waals surface area contributed by atoms with Crippen molar-refractivity contribution in [1.29, 1.82) is 0 Å². The zero-order valence-electron chi connectivity index (χ0n) is 29.9. The molecule has 0 N–H and O–H groups in total. The van der Waals surface area contributed by atoms with E-state index in [0.29, 0.717) is 23.7 Å². The summed E-state index contributed by atoms with van der Waals surface area (Å²) in [5.74, 6) is 2.57. The van der Waals surface area contributed by atoms with E-state index < -0.39 is 0 Å². The summed E-state index contributed by atoms with van der Waals surface area (Å²) >= 11 is 0. The van der Waals surface area contributed by atoms with Crippen molar-refractivity contribution in [1.82, 2.24) is 0 Å². The molecule has 0 saturated heterocycles. The summed E-state index contributed by atoms with van der Waals surface area (Å²) in [6.07, 6.45) is 4.00. The van der Waals surface area contributed by atoms with E-state index in [4.69, 9.17) is 0 Å². The average molecular weight is 1330 g/mol. The number of benzene rings is 2. The van der Waals surface area contributed by atoms with Crippen molar-refractivity contribution in [2.24, 2.45) is 0 Å². The maximum absolute atomic E-state index is 2.31. The predicted octanol–water partition coefficient (Wildman–Crippen LogP) is 11.2. The first-order chi connectivity index (χ1) is 14.0. The molecule has 9 radical (unpaired) electrons. The van der Waals surface area contributed by atoms with E-state index >= 15 is 0 Å². The van der Waals surface area contributed by atoms with Crippen molar-refractivity contribution in [3.8, 4) is 0 Å². The van der Waals surface area contributed by atoms with Gasteiger partial charge < -0.3 is 27.7 Å². The van der Waals surface area contributed by atoms with Crippen LogP contribution in [0.1, 0.15) is 129 Å². The summed E-state index contributed by atoms with van der Waals surface area (Å²) < 4.78 is 0. The third-order valence-electron chi connectivity index (χ3n) is 4.51. The maximum Gasteiger partial charge on any atom is 3.00 e. The summed E-state index contributed by atoms with van der Waals surface area (Å²) in [6, 6.07) is 17.8. The molecule has 0 aliphatic carbocycles. The molecule has 0 amide bonds. The maximum atomic E-state index is 2.31. The molecule has 0 nitrogen and oxygen atoms in total. The molecule has 215 valence electrons. The molecule has 0 spiro atoms.